The molecule has 3 nitrogen and oxygen atoms in total. The first-order chi connectivity index (χ1) is 16.6. The van der Waals surface area contributed by atoms with E-state index in [2.05, 4.69) is 90.9 Å². The fourth-order valence-electron chi connectivity index (χ4n) is 4.76. The summed E-state index contributed by atoms with van der Waals surface area (Å²) in [7, 11) is 0. The highest BCUT2D eigenvalue weighted by atomic mass is 14.9. The van der Waals surface area contributed by atoms with Crippen molar-refractivity contribution in [2.24, 2.45) is 0 Å². The van der Waals surface area contributed by atoms with Crippen LogP contribution >= 0.6 is 0 Å². The molecule has 5 rings (SSSR count). The van der Waals surface area contributed by atoms with E-state index in [9.17, 15) is 0 Å². The summed E-state index contributed by atoms with van der Waals surface area (Å²) < 4.78 is 0. The van der Waals surface area contributed by atoms with E-state index in [1.165, 1.54) is 33.4 Å². The molecule has 2 aromatic carbocycles. The van der Waals surface area contributed by atoms with Crippen LogP contribution in [0.5, 0.6) is 0 Å². The summed E-state index contributed by atoms with van der Waals surface area (Å²) >= 11 is 0. The number of hydrogen-bond donors (Lipinski definition) is 2. The van der Waals surface area contributed by atoms with Gasteiger partial charge in [0.15, 0.2) is 0 Å². The number of nitrogens with one attached hydrogen (secondary N) is 2. The lowest BCUT2D eigenvalue weighted by atomic mass is 9.93. The Hall–Kier alpha value is -3.69. The number of aromatic nitrogens is 1. The van der Waals surface area contributed by atoms with Crippen molar-refractivity contribution in [1.29, 1.82) is 0 Å². The number of hydrogen-bond acceptors (Lipinski definition) is 3. The molecule has 170 valence electrons. The summed E-state index contributed by atoms with van der Waals surface area (Å²) in [6, 6.07) is 19.6. The largest absolute Gasteiger partial charge is 0.360 e. The van der Waals surface area contributed by atoms with Gasteiger partial charge in [-0.15, -0.1) is 0 Å². The highest BCUT2D eigenvalue weighted by Crippen LogP contribution is 2.29. The third-order valence-electron chi connectivity index (χ3n) is 6.66. The number of fused-ring (bicyclic) bond motifs is 1. The maximum absolute atomic E-state index is 4.76. The summed E-state index contributed by atoms with van der Waals surface area (Å²) in [4.78, 5) is 4.76. The molecule has 0 unspecified atom stereocenters. The average molecular weight is 446 g/mol. The molecule has 0 spiro atoms. The SMILES string of the molecule is C=c1ccc(C2=C(c3cccc(C)n3)NC=CC2)c/c1=C/C(=C\C)c1ccc2c(c1)CNCC2. The van der Waals surface area contributed by atoms with Crippen LogP contribution in [0, 0.1) is 6.92 Å². The van der Waals surface area contributed by atoms with Crippen molar-refractivity contribution in [2.45, 2.75) is 33.2 Å². The van der Waals surface area contributed by atoms with Gasteiger partial charge in [0.05, 0.1) is 11.4 Å². The lowest BCUT2D eigenvalue weighted by molar-refractivity contribution is 0.643. The van der Waals surface area contributed by atoms with Crippen molar-refractivity contribution in [1.82, 2.24) is 15.6 Å². The molecule has 3 heteroatoms. The molecule has 0 fully saturated rings. The topological polar surface area (TPSA) is 37.0 Å². The number of nitrogens with zero attached hydrogens (tertiary/aromatic N) is 1. The Bertz CT molecular complexity index is 1440. The summed E-state index contributed by atoms with van der Waals surface area (Å²) in [5.41, 5.74) is 10.8. The molecule has 2 aliphatic heterocycles. The van der Waals surface area contributed by atoms with Crippen molar-refractivity contribution in [3.63, 3.8) is 0 Å². The van der Waals surface area contributed by atoms with Gasteiger partial charge in [-0.25, -0.2) is 0 Å². The Morgan fingerprint density at radius 1 is 1.06 bits per heavy atom. The number of aryl methyl sites for hydroxylation is 1. The van der Waals surface area contributed by atoms with Crippen molar-refractivity contribution < 1.29 is 0 Å². The zero-order chi connectivity index (χ0) is 23.5. The van der Waals surface area contributed by atoms with E-state index in [0.717, 1.165) is 53.5 Å². The van der Waals surface area contributed by atoms with Crippen LogP contribution in [0.1, 0.15) is 47.0 Å². The van der Waals surface area contributed by atoms with Gasteiger partial charge in [-0.05, 0) is 114 Å². The van der Waals surface area contributed by atoms with E-state index in [4.69, 9.17) is 4.98 Å². The summed E-state index contributed by atoms with van der Waals surface area (Å²) in [5.74, 6) is 0. The third kappa shape index (κ3) is 4.52. The second-order valence-corrected chi connectivity index (χ2v) is 8.98. The number of pyridine rings is 1. The van der Waals surface area contributed by atoms with Gasteiger partial charge in [-0.1, -0.05) is 49.1 Å². The monoisotopic (exact) mass is 445 g/mol. The van der Waals surface area contributed by atoms with Gasteiger partial charge >= 0.3 is 0 Å². The zero-order valence-corrected chi connectivity index (χ0v) is 20.0. The fourth-order valence-corrected chi connectivity index (χ4v) is 4.76. The molecule has 0 saturated heterocycles. The van der Waals surface area contributed by atoms with Gasteiger partial charge in [0.25, 0.3) is 0 Å². The highest BCUT2D eigenvalue weighted by Gasteiger charge is 2.15. The van der Waals surface area contributed by atoms with Crippen LogP contribution < -0.4 is 21.1 Å². The van der Waals surface area contributed by atoms with Gasteiger partial charge in [-0.3, -0.25) is 4.98 Å². The van der Waals surface area contributed by atoms with Crippen LogP contribution in [0.4, 0.5) is 0 Å². The summed E-state index contributed by atoms with van der Waals surface area (Å²) in [6.07, 6.45) is 10.6. The minimum Gasteiger partial charge on any atom is -0.360 e. The van der Waals surface area contributed by atoms with Crippen molar-refractivity contribution in [2.75, 3.05) is 6.54 Å². The van der Waals surface area contributed by atoms with E-state index in [1.54, 1.807) is 0 Å². The molecule has 2 N–H and O–H groups in total. The van der Waals surface area contributed by atoms with Crippen molar-refractivity contribution in [3.8, 4) is 0 Å². The molecule has 3 aromatic rings. The van der Waals surface area contributed by atoms with E-state index in [0.29, 0.717) is 0 Å². The van der Waals surface area contributed by atoms with Crippen LogP contribution in [-0.4, -0.2) is 11.5 Å². The Balaban J connectivity index is 1.58. The van der Waals surface area contributed by atoms with E-state index < -0.39 is 0 Å². The van der Waals surface area contributed by atoms with Crippen LogP contribution in [0.3, 0.4) is 0 Å². The summed E-state index contributed by atoms with van der Waals surface area (Å²) in [6.45, 7) is 10.5. The Morgan fingerprint density at radius 2 is 1.97 bits per heavy atom. The average Bonchev–Trinajstić information content (AvgIpc) is 2.88. The minimum absolute atomic E-state index is 0.863. The first-order valence-corrected chi connectivity index (χ1v) is 12.0. The van der Waals surface area contributed by atoms with E-state index >= 15 is 0 Å². The van der Waals surface area contributed by atoms with E-state index in [-0.39, 0.29) is 0 Å². The molecule has 0 aliphatic carbocycles. The standard InChI is InChI=1S/C31H31N3/c1-4-23(25-13-12-24-14-16-32-20-28(24)18-25)17-27-19-26(11-10-21(27)2)29-8-6-15-33-31(29)30-9-5-7-22(3)34-30/h4-7,9-13,15,17-19,32-33H,2,8,14,16,20H2,1,3H3/b23-4+,27-17-. The van der Waals surface area contributed by atoms with Crippen molar-refractivity contribution in [3.05, 3.63) is 117 Å². The molecule has 0 bridgehead atoms. The number of benzene rings is 2. The van der Waals surface area contributed by atoms with Crippen molar-refractivity contribution >= 4 is 29.5 Å². The fraction of sp³-hybridized carbons (Fsp3) is 0.194. The van der Waals surface area contributed by atoms with Gasteiger partial charge < -0.3 is 10.6 Å². The molecule has 0 atom stereocenters. The minimum atomic E-state index is 0.863. The molecule has 2 aliphatic rings. The zero-order valence-electron chi connectivity index (χ0n) is 20.0. The van der Waals surface area contributed by atoms with Gasteiger partial charge in [0, 0.05) is 12.2 Å². The van der Waals surface area contributed by atoms with Crippen LogP contribution in [0.15, 0.2) is 72.9 Å². The van der Waals surface area contributed by atoms with E-state index in [1.807, 2.05) is 19.2 Å². The first kappa shape index (κ1) is 22.1. The maximum Gasteiger partial charge on any atom is 0.0870 e. The highest BCUT2D eigenvalue weighted by molar-refractivity contribution is 5.92. The third-order valence-corrected chi connectivity index (χ3v) is 6.66. The predicted molar refractivity (Wildman–Crippen MR) is 144 cm³/mol. The number of rotatable bonds is 4. The van der Waals surface area contributed by atoms with Crippen LogP contribution in [-0.2, 0) is 13.0 Å². The number of dihydropyridines is 1. The molecule has 1 aromatic heterocycles. The number of allylic oxidation sites excluding steroid dienone is 4. The van der Waals surface area contributed by atoms with Crippen LogP contribution in [0.25, 0.3) is 29.5 Å². The second-order valence-electron chi connectivity index (χ2n) is 8.98. The Morgan fingerprint density at radius 3 is 2.82 bits per heavy atom. The Labute approximate surface area is 202 Å². The maximum atomic E-state index is 4.76. The first-order valence-electron chi connectivity index (χ1n) is 12.0. The predicted octanol–water partition coefficient (Wildman–Crippen LogP) is 4.71. The molecule has 34 heavy (non-hydrogen) atoms. The lowest BCUT2D eigenvalue weighted by Crippen LogP contribution is -2.24. The van der Waals surface area contributed by atoms with Gasteiger partial charge in [-0.2, -0.15) is 0 Å². The molecule has 0 amide bonds. The molecule has 0 saturated carbocycles. The molecule has 3 heterocycles. The lowest BCUT2D eigenvalue weighted by Gasteiger charge is -2.19. The molecule has 0 radical (unpaired) electrons. The quantitative estimate of drug-likeness (QED) is 0.611. The normalized spacial score (nSPS) is 16.4. The second kappa shape index (κ2) is 9.66. The molecular formula is C31H31N3. The smallest absolute Gasteiger partial charge is 0.0870 e. The summed E-state index contributed by atoms with van der Waals surface area (Å²) in [5, 5.41) is 9.10. The Kier molecular flexibility index (Phi) is 6.29. The molecular weight excluding hydrogens is 414 g/mol. The van der Waals surface area contributed by atoms with Gasteiger partial charge in [0.2, 0.25) is 0 Å². The van der Waals surface area contributed by atoms with Gasteiger partial charge in [0.1, 0.15) is 0 Å². The van der Waals surface area contributed by atoms with Crippen LogP contribution in [0.2, 0.25) is 0 Å².